The number of hydrogen-bond acceptors (Lipinski definition) is 5. The van der Waals surface area contributed by atoms with E-state index in [-0.39, 0.29) is 11.9 Å². The molecule has 1 unspecified atom stereocenters. The van der Waals surface area contributed by atoms with E-state index in [1.807, 2.05) is 59.5 Å². The van der Waals surface area contributed by atoms with Crippen molar-refractivity contribution >= 4 is 5.91 Å². The molecule has 0 radical (unpaired) electrons. The molecule has 6 nitrogen and oxygen atoms in total. The molecule has 4 rings (SSSR count). The number of carbonyl (C=O) groups excluding carboxylic acids is 1. The third kappa shape index (κ3) is 4.90. The summed E-state index contributed by atoms with van der Waals surface area (Å²) < 4.78 is 22.6. The molecule has 172 valence electrons. The van der Waals surface area contributed by atoms with Crippen LogP contribution in [0.5, 0.6) is 23.0 Å². The van der Waals surface area contributed by atoms with Crippen molar-refractivity contribution in [3.8, 4) is 23.0 Å². The van der Waals surface area contributed by atoms with Gasteiger partial charge in [-0.2, -0.15) is 0 Å². The van der Waals surface area contributed by atoms with Crippen molar-refractivity contribution in [3.05, 3.63) is 83.4 Å². The molecule has 3 aromatic rings. The monoisotopic (exact) mass is 447 g/mol. The second-order valence-corrected chi connectivity index (χ2v) is 7.92. The minimum atomic E-state index is -0.0634. The third-order valence-electron chi connectivity index (χ3n) is 5.93. The number of ether oxygens (including phenoxy) is 4. The van der Waals surface area contributed by atoms with Gasteiger partial charge in [0.25, 0.3) is 5.91 Å². The fraction of sp³-hybridized carbons (Fsp3) is 0.296. The first kappa shape index (κ1) is 22.5. The molecule has 0 saturated carbocycles. The second kappa shape index (κ2) is 10.3. The standard InChI is InChI=1S/C27H29NO5/c1-30-22-12-7-11-20(15-22)23-13-8-14-28(23)27(29)21-16-24(31-2)26(25(17-21)32-3)33-18-19-9-5-4-6-10-19/h4-7,9-12,15-17,23H,8,13-14,18H2,1-3H3. The first-order valence-corrected chi connectivity index (χ1v) is 11.0. The Morgan fingerprint density at radius 3 is 2.30 bits per heavy atom. The van der Waals surface area contributed by atoms with Gasteiger partial charge in [-0.1, -0.05) is 42.5 Å². The van der Waals surface area contributed by atoms with Gasteiger partial charge >= 0.3 is 0 Å². The summed E-state index contributed by atoms with van der Waals surface area (Å²) in [5.74, 6) is 2.13. The van der Waals surface area contributed by atoms with Gasteiger partial charge in [0.05, 0.1) is 27.4 Å². The summed E-state index contributed by atoms with van der Waals surface area (Å²) in [6.07, 6.45) is 1.85. The summed E-state index contributed by atoms with van der Waals surface area (Å²) in [4.78, 5) is 15.5. The number of rotatable bonds is 8. The van der Waals surface area contributed by atoms with Crippen LogP contribution in [0, 0.1) is 0 Å². The lowest BCUT2D eigenvalue weighted by Crippen LogP contribution is -2.30. The summed E-state index contributed by atoms with van der Waals surface area (Å²) in [5, 5.41) is 0. The molecule has 33 heavy (non-hydrogen) atoms. The third-order valence-corrected chi connectivity index (χ3v) is 5.93. The first-order chi connectivity index (χ1) is 16.1. The predicted octanol–water partition coefficient (Wildman–Crippen LogP) is 5.27. The van der Waals surface area contributed by atoms with Gasteiger partial charge in [0.15, 0.2) is 11.5 Å². The summed E-state index contributed by atoms with van der Waals surface area (Å²) in [6, 6.07) is 21.2. The van der Waals surface area contributed by atoms with Gasteiger partial charge in [-0.25, -0.2) is 0 Å². The van der Waals surface area contributed by atoms with Crippen LogP contribution in [0.1, 0.15) is 40.4 Å². The van der Waals surface area contributed by atoms with Crippen molar-refractivity contribution in [2.75, 3.05) is 27.9 Å². The fourth-order valence-corrected chi connectivity index (χ4v) is 4.25. The van der Waals surface area contributed by atoms with Crippen LogP contribution >= 0.6 is 0 Å². The zero-order valence-corrected chi connectivity index (χ0v) is 19.2. The summed E-state index contributed by atoms with van der Waals surface area (Å²) in [6.45, 7) is 1.06. The summed E-state index contributed by atoms with van der Waals surface area (Å²) >= 11 is 0. The molecule has 1 amide bonds. The van der Waals surface area contributed by atoms with Crippen molar-refractivity contribution in [2.24, 2.45) is 0 Å². The number of amides is 1. The van der Waals surface area contributed by atoms with Crippen LogP contribution in [0.25, 0.3) is 0 Å². The quantitative estimate of drug-likeness (QED) is 0.471. The molecule has 1 saturated heterocycles. The molecule has 1 heterocycles. The normalized spacial score (nSPS) is 15.2. The smallest absolute Gasteiger partial charge is 0.254 e. The van der Waals surface area contributed by atoms with Crippen molar-refractivity contribution in [1.29, 1.82) is 0 Å². The fourth-order valence-electron chi connectivity index (χ4n) is 4.25. The largest absolute Gasteiger partial charge is 0.497 e. The first-order valence-electron chi connectivity index (χ1n) is 11.0. The molecule has 0 bridgehead atoms. The van der Waals surface area contributed by atoms with E-state index in [0.717, 1.165) is 29.7 Å². The number of methoxy groups -OCH3 is 3. The maximum Gasteiger partial charge on any atom is 0.254 e. The minimum Gasteiger partial charge on any atom is -0.497 e. The lowest BCUT2D eigenvalue weighted by atomic mass is 10.0. The molecule has 6 heteroatoms. The number of carbonyl (C=O) groups is 1. The number of benzene rings is 3. The molecule has 1 fully saturated rings. The van der Waals surface area contributed by atoms with Gasteiger partial charge in [-0.05, 0) is 48.2 Å². The second-order valence-electron chi connectivity index (χ2n) is 7.92. The van der Waals surface area contributed by atoms with Gasteiger partial charge in [0.2, 0.25) is 5.75 Å². The molecule has 0 N–H and O–H groups in total. The van der Waals surface area contributed by atoms with Crippen molar-refractivity contribution in [1.82, 2.24) is 4.90 Å². The van der Waals surface area contributed by atoms with Crippen molar-refractivity contribution in [2.45, 2.75) is 25.5 Å². The van der Waals surface area contributed by atoms with Gasteiger partial charge < -0.3 is 23.8 Å². The van der Waals surface area contributed by atoms with Crippen molar-refractivity contribution in [3.63, 3.8) is 0 Å². The van der Waals surface area contributed by atoms with Crippen molar-refractivity contribution < 1.29 is 23.7 Å². The summed E-state index contributed by atoms with van der Waals surface area (Å²) in [7, 11) is 4.78. The zero-order valence-electron chi connectivity index (χ0n) is 19.2. The van der Waals surface area contributed by atoms with Crippen LogP contribution in [0.4, 0.5) is 0 Å². The highest BCUT2D eigenvalue weighted by Crippen LogP contribution is 2.41. The molecule has 0 spiro atoms. The Morgan fingerprint density at radius 2 is 1.64 bits per heavy atom. The SMILES string of the molecule is COc1cccc(C2CCCN2C(=O)c2cc(OC)c(OCc3ccccc3)c(OC)c2)c1. The van der Waals surface area contributed by atoms with Crippen LogP contribution in [-0.4, -0.2) is 38.7 Å². The Morgan fingerprint density at radius 1 is 0.909 bits per heavy atom. The molecular formula is C27H29NO5. The molecule has 1 aliphatic heterocycles. The molecule has 1 aliphatic rings. The topological polar surface area (TPSA) is 57.2 Å². The van der Waals surface area contributed by atoms with E-state index in [1.54, 1.807) is 33.5 Å². The molecule has 0 aliphatic carbocycles. The van der Waals surface area contributed by atoms with Gasteiger partial charge in [-0.15, -0.1) is 0 Å². The zero-order chi connectivity index (χ0) is 23.2. The van der Waals surface area contributed by atoms with Crippen LogP contribution < -0.4 is 18.9 Å². The molecular weight excluding hydrogens is 418 g/mol. The predicted molar refractivity (Wildman–Crippen MR) is 126 cm³/mol. The lowest BCUT2D eigenvalue weighted by Gasteiger charge is -2.26. The highest BCUT2D eigenvalue weighted by Gasteiger charge is 2.32. The van der Waals surface area contributed by atoms with Crippen LogP contribution in [0.3, 0.4) is 0 Å². The highest BCUT2D eigenvalue weighted by molar-refractivity contribution is 5.96. The number of likely N-dealkylation sites (tertiary alicyclic amines) is 1. The van der Waals surface area contributed by atoms with E-state index in [9.17, 15) is 4.79 Å². The number of hydrogen-bond donors (Lipinski definition) is 0. The van der Waals surface area contributed by atoms with Gasteiger partial charge in [0.1, 0.15) is 12.4 Å². The Hall–Kier alpha value is -3.67. The number of nitrogens with zero attached hydrogens (tertiary/aromatic N) is 1. The van der Waals surface area contributed by atoms with Crippen LogP contribution in [0.2, 0.25) is 0 Å². The molecule has 1 atom stereocenters. The van der Waals surface area contributed by atoms with E-state index in [2.05, 4.69) is 0 Å². The minimum absolute atomic E-state index is 0.00130. The van der Waals surface area contributed by atoms with Gasteiger partial charge in [-0.3, -0.25) is 4.79 Å². The van der Waals surface area contributed by atoms with E-state index in [0.29, 0.717) is 36.0 Å². The van der Waals surface area contributed by atoms with E-state index >= 15 is 0 Å². The average Bonchev–Trinajstić information content (AvgIpc) is 3.37. The summed E-state index contributed by atoms with van der Waals surface area (Å²) in [5.41, 5.74) is 2.60. The Kier molecular flexibility index (Phi) is 7.03. The Bertz CT molecular complexity index is 1070. The van der Waals surface area contributed by atoms with E-state index in [4.69, 9.17) is 18.9 Å². The Balaban J connectivity index is 1.60. The van der Waals surface area contributed by atoms with Crippen LogP contribution in [0.15, 0.2) is 66.7 Å². The highest BCUT2D eigenvalue weighted by atomic mass is 16.5. The maximum absolute atomic E-state index is 13.6. The molecule has 0 aromatic heterocycles. The molecule has 3 aromatic carbocycles. The average molecular weight is 448 g/mol. The van der Waals surface area contributed by atoms with Crippen LogP contribution in [-0.2, 0) is 6.61 Å². The van der Waals surface area contributed by atoms with Gasteiger partial charge in [0, 0.05) is 12.1 Å². The Labute approximate surface area is 194 Å². The maximum atomic E-state index is 13.6. The van der Waals surface area contributed by atoms with E-state index in [1.165, 1.54) is 0 Å². The lowest BCUT2D eigenvalue weighted by molar-refractivity contribution is 0.0734. The van der Waals surface area contributed by atoms with E-state index < -0.39 is 0 Å².